The van der Waals surface area contributed by atoms with Gasteiger partial charge >= 0.3 is 0 Å². The van der Waals surface area contributed by atoms with Gasteiger partial charge < -0.3 is 0 Å². The maximum atomic E-state index is 11.9. The smallest absolute Gasteiger partial charge is 0.214 e. The normalized spacial score (nSPS) is 11.9. The molecular weight excluding hydrogens is 304 g/mol. The molecule has 1 heterocycles. The van der Waals surface area contributed by atoms with Crippen LogP contribution in [-0.2, 0) is 16.4 Å². The molecule has 0 bridgehead atoms. The van der Waals surface area contributed by atoms with Crippen LogP contribution in [0.25, 0.3) is 0 Å². The second-order valence-corrected chi connectivity index (χ2v) is 6.77. The van der Waals surface area contributed by atoms with Gasteiger partial charge in [-0.15, -0.1) is 0 Å². The van der Waals surface area contributed by atoms with Crippen LogP contribution < -0.4 is 0 Å². The molecule has 6 heteroatoms. The average molecular weight is 321 g/mol. The Morgan fingerprint density at radius 2 is 2.00 bits per heavy atom. The third kappa shape index (κ3) is 5.14. The highest BCUT2D eigenvalue weighted by Crippen LogP contribution is 2.05. The first-order chi connectivity index (χ1) is 8.06. The molecule has 0 spiro atoms. The molecule has 0 aliphatic carbocycles. The number of halogens is 1. The van der Waals surface area contributed by atoms with Gasteiger partial charge in [-0.3, -0.25) is 4.98 Å². The largest absolute Gasteiger partial charge is 0.265 e. The Hall–Kier alpha value is -0.460. The molecule has 0 aliphatic heterocycles. The Labute approximate surface area is 111 Å². The van der Waals surface area contributed by atoms with E-state index in [4.69, 9.17) is 0 Å². The number of nitrogens with zero attached hydrogens (tertiary/aromatic N) is 2. The molecule has 0 saturated heterocycles. The maximum Gasteiger partial charge on any atom is 0.214 e. The first kappa shape index (κ1) is 14.6. The quantitative estimate of drug-likeness (QED) is 0.718. The van der Waals surface area contributed by atoms with E-state index in [1.165, 1.54) is 4.31 Å². The Bertz CT molecular complexity index is 422. The monoisotopic (exact) mass is 320 g/mol. The summed E-state index contributed by atoms with van der Waals surface area (Å²) < 4.78 is 25.2. The Balaban J connectivity index is 2.50. The fourth-order valence-electron chi connectivity index (χ4n) is 1.37. The second kappa shape index (κ2) is 7.08. The molecule has 0 fully saturated rings. The third-order valence-electron chi connectivity index (χ3n) is 2.48. The third-order valence-corrected chi connectivity index (χ3v) is 4.89. The minimum Gasteiger partial charge on any atom is -0.265 e. The van der Waals surface area contributed by atoms with Gasteiger partial charge in [-0.1, -0.05) is 15.9 Å². The van der Waals surface area contributed by atoms with E-state index in [9.17, 15) is 8.42 Å². The SMILES string of the molecule is CN(CCCBr)S(=O)(=O)CCc1ccncc1. The molecule has 0 N–H and O–H groups in total. The first-order valence-corrected chi connectivity index (χ1v) is 8.18. The highest BCUT2D eigenvalue weighted by Gasteiger charge is 2.16. The van der Waals surface area contributed by atoms with Crippen molar-refractivity contribution in [3.63, 3.8) is 0 Å². The lowest BCUT2D eigenvalue weighted by Crippen LogP contribution is -2.31. The molecular formula is C11H17BrN2O2S. The van der Waals surface area contributed by atoms with E-state index in [1.807, 2.05) is 12.1 Å². The number of hydrogen-bond donors (Lipinski definition) is 0. The fourth-order valence-corrected chi connectivity index (χ4v) is 2.84. The summed E-state index contributed by atoms with van der Waals surface area (Å²) >= 11 is 3.29. The van der Waals surface area contributed by atoms with Crippen molar-refractivity contribution in [3.8, 4) is 0 Å². The number of pyridine rings is 1. The van der Waals surface area contributed by atoms with Crippen molar-refractivity contribution in [3.05, 3.63) is 30.1 Å². The van der Waals surface area contributed by atoms with Gasteiger partial charge in [-0.05, 0) is 30.5 Å². The van der Waals surface area contributed by atoms with Gasteiger partial charge in [-0.2, -0.15) is 0 Å². The van der Waals surface area contributed by atoms with Gasteiger partial charge in [0.1, 0.15) is 0 Å². The van der Waals surface area contributed by atoms with Crippen LogP contribution in [0, 0.1) is 0 Å². The molecule has 0 saturated carbocycles. The van der Waals surface area contributed by atoms with Crippen LogP contribution in [0.3, 0.4) is 0 Å². The second-order valence-electron chi connectivity index (χ2n) is 3.79. The van der Waals surface area contributed by atoms with Crippen LogP contribution in [0.2, 0.25) is 0 Å². The Kier molecular flexibility index (Phi) is 6.08. The molecule has 0 aromatic carbocycles. The highest BCUT2D eigenvalue weighted by molar-refractivity contribution is 9.09. The molecule has 0 amide bonds. The van der Waals surface area contributed by atoms with Crippen molar-refractivity contribution in [1.82, 2.24) is 9.29 Å². The molecule has 1 aromatic rings. The Morgan fingerprint density at radius 1 is 1.35 bits per heavy atom. The zero-order chi connectivity index (χ0) is 12.7. The number of sulfonamides is 1. The highest BCUT2D eigenvalue weighted by atomic mass is 79.9. The van der Waals surface area contributed by atoms with Crippen LogP contribution in [0.1, 0.15) is 12.0 Å². The van der Waals surface area contributed by atoms with Gasteiger partial charge in [0.2, 0.25) is 10.0 Å². The lowest BCUT2D eigenvalue weighted by molar-refractivity contribution is 0.469. The zero-order valence-electron chi connectivity index (χ0n) is 9.84. The van der Waals surface area contributed by atoms with Crippen LogP contribution in [0.5, 0.6) is 0 Å². The van der Waals surface area contributed by atoms with Gasteiger partial charge in [0, 0.05) is 31.3 Å². The Morgan fingerprint density at radius 3 is 2.59 bits per heavy atom. The van der Waals surface area contributed by atoms with E-state index in [2.05, 4.69) is 20.9 Å². The zero-order valence-corrected chi connectivity index (χ0v) is 12.2. The topological polar surface area (TPSA) is 50.3 Å². The minimum absolute atomic E-state index is 0.149. The van der Waals surface area contributed by atoms with E-state index < -0.39 is 10.0 Å². The van der Waals surface area contributed by atoms with Crippen molar-refractivity contribution in [2.45, 2.75) is 12.8 Å². The summed E-state index contributed by atoms with van der Waals surface area (Å²) in [6.07, 6.45) is 4.71. The van der Waals surface area contributed by atoms with Crippen LogP contribution in [0.15, 0.2) is 24.5 Å². The fraction of sp³-hybridized carbons (Fsp3) is 0.545. The van der Waals surface area contributed by atoms with Crippen LogP contribution >= 0.6 is 15.9 Å². The van der Waals surface area contributed by atoms with Gasteiger partial charge in [0.15, 0.2) is 0 Å². The van der Waals surface area contributed by atoms with Crippen molar-refractivity contribution >= 4 is 26.0 Å². The first-order valence-electron chi connectivity index (χ1n) is 5.45. The number of aromatic nitrogens is 1. The van der Waals surface area contributed by atoms with E-state index in [0.29, 0.717) is 13.0 Å². The van der Waals surface area contributed by atoms with Crippen molar-refractivity contribution in [2.75, 3.05) is 24.7 Å². The van der Waals surface area contributed by atoms with E-state index in [1.54, 1.807) is 19.4 Å². The summed E-state index contributed by atoms with van der Waals surface area (Å²) in [6, 6.07) is 3.68. The van der Waals surface area contributed by atoms with Crippen LogP contribution in [0.4, 0.5) is 0 Å². The molecule has 0 unspecified atom stereocenters. The summed E-state index contributed by atoms with van der Waals surface area (Å²) in [5, 5.41) is 0.817. The van der Waals surface area contributed by atoms with E-state index >= 15 is 0 Å². The van der Waals surface area contributed by atoms with Crippen LogP contribution in [-0.4, -0.2) is 42.4 Å². The molecule has 17 heavy (non-hydrogen) atoms. The van der Waals surface area contributed by atoms with Crippen molar-refractivity contribution in [1.29, 1.82) is 0 Å². The van der Waals surface area contributed by atoms with E-state index in [-0.39, 0.29) is 5.75 Å². The predicted octanol–water partition coefficient (Wildman–Crippen LogP) is 1.67. The molecule has 0 aliphatic rings. The maximum absolute atomic E-state index is 11.9. The molecule has 4 nitrogen and oxygen atoms in total. The molecule has 96 valence electrons. The van der Waals surface area contributed by atoms with Crippen molar-refractivity contribution in [2.24, 2.45) is 0 Å². The lowest BCUT2D eigenvalue weighted by Gasteiger charge is -2.16. The molecule has 0 atom stereocenters. The average Bonchev–Trinajstić information content (AvgIpc) is 2.35. The standard InChI is InChI=1S/C11H17BrN2O2S/c1-14(9-2-6-12)17(15,16)10-5-11-3-7-13-8-4-11/h3-4,7-8H,2,5-6,9-10H2,1H3. The lowest BCUT2D eigenvalue weighted by atomic mass is 10.2. The number of alkyl halides is 1. The number of rotatable bonds is 7. The minimum atomic E-state index is -3.14. The summed E-state index contributed by atoms with van der Waals surface area (Å²) in [6.45, 7) is 0.559. The van der Waals surface area contributed by atoms with Gasteiger partial charge in [-0.25, -0.2) is 12.7 Å². The predicted molar refractivity (Wildman–Crippen MR) is 72.8 cm³/mol. The van der Waals surface area contributed by atoms with Crippen molar-refractivity contribution < 1.29 is 8.42 Å². The molecule has 0 radical (unpaired) electrons. The van der Waals surface area contributed by atoms with E-state index in [0.717, 1.165) is 17.3 Å². The van der Waals surface area contributed by atoms with Gasteiger partial charge in [0.05, 0.1) is 5.75 Å². The molecule has 1 aromatic heterocycles. The summed E-state index contributed by atoms with van der Waals surface area (Å²) in [7, 11) is -1.51. The summed E-state index contributed by atoms with van der Waals surface area (Å²) in [5.41, 5.74) is 0.998. The summed E-state index contributed by atoms with van der Waals surface area (Å²) in [4.78, 5) is 3.90. The van der Waals surface area contributed by atoms with Gasteiger partial charge in [0.25, 0.3) is 0 Å². The number of hydrogen-bond acceptors (Lipinski definition) is 3. The number of aryl methyl sites for hydroxylation is 1. The molecule has 1 rings (SSSR count). The summed E-state index contributed by atoms with van der Waals surface area (Å²) in [5.74, 6) is 0.149.